The lowest BCUT2D eigenvalue weighted by Gasteiger charge is -2.25. The van der Waals surface area contributed by atoms with Gasteiger partial charge in [-0.2, -0.15) is 8.78 Å². The summed E-state index contributed by atoms with van der Waals surface area (Å²) in [5, 5.41) is 2.15. The van der Waals surface area contributed by atoms with E-state index in [-0.39, 0.29) is 11.1 Å². The Balaban J connectivity index is 2.63. The fourth-order valence-corrected chi connectivity index (χ4v) is 1.77. The van der Waals surface area contributed by atoms with E-state index in [1.54, 1.807) is 0 Å². The Morgan fingerprint density at radius 2 is 2.14 bits per heavy atom. The molecule has 14 heavy (non-hydrogen) atoms. The smallest absolute Gasteiger partial charge is 0.290 e. The molecule has 1 amide bonds. The fraction of sp³-hybridized carbons (Fsp3) is 0.222. The number of carbonyl (C=O) groups is 1. The van der Waals surface area contributed by atoms with Gasteiger partial charge < -0.3 is 5.32 Å². The number of benzene rings is 1. The van der Waals surface area contributed by atoms with E-state index in [0.717, 1.165) is 0 Å². The van der Waals surface area contributed by atoms with Crippen molar-refractivity contribution >= 4 is 21.8 Å². The van der Waals surface area contributed by atoms with E-state index < -0.39 is 18.4 Å². The number of halogens is 3. The second-order valence-corrected chi connectivity index (χ2v) is 3.99. The number of fused-ring (bicyclic) bond motifs is 1. The lowest BCUT2D eigenvalue weighted by Crippen LogP contribution is -2.41. The van der Waals surface area contributed by atoms with Crippen molar-refractivity contribution in [3.05, 3.63) is 33.8 Å². The van der Waals surface area contributed by atoms with Crippen LogP contribution in [0.25, 0.3) is 0 Å². The van der Waals surface area contributed by atoms with Crippen LogP contribution < -0.4 is 5.32 Å². The molecule has 1 aliphatic rings. The van der Waals surface area contributed by atoms with Gasteiger partial charge in [0.15, 0.2) is 0 Å². The highest BCUT2D eigenvalue weighted by molar-refractivity contribution is 9.10. The molecular weight excluding hydrogens is 256 g/mol. The van der Waals surface area contributed by atoms with Gasteiger partial charge in [0.05, 0.1) is 6.54 Å². The Bertz CT molecular complexity index is 406. The topological polar surface area (TPSA) is 29.1 Å². The van der Waals surface area contributed by atoms with Crippen molar-refractivity contribution in [3.63, 3.8) is 0 Å². The molecule has 74 valence electrons. The minimum Gasteiger partial charge on any atom is -0.346 e. The molecule has 0 saturated carbocycles. The number of rotatable bonds is 0. The number of carbonyl (C=O) groups excluding carboxylic acids is 1. The lowest BCUT2D eigenvalue weighted by molar-refractivity contribution is -0.00839. The third-order valence-corrected chi connectivity index (χ3v) is 2.58. The highest BCUT2D eigenvalue weighted by atomic mass is 79.9. The Morgan fingerprint density at radius 1 is 1.43 bits per heavy atom. The van der Waals surface area contributed by atoms with Crippen LogP contribution in [0.5, 0.6) is 0 Å². The Hall–Kier alpha value is -0.970. The molecule has 0 spiro atoms. The molecule has 0 bridgehead atoms. The first-order chi connectivity index (χ1) is 6.50. The molecule has 2 rings (SSSR count). The van der Waals surface area contributed by atoms with Gasteiger partial charge in [0, 0.05) is 15.6 Å². The molecule has 5 heteroatoms. The maximum atomic E-state index is 13.3. The zero-order valence-electron chi connectivity index (χ0n) is 6.98. The summed E-state index contributed by atoms with van der Waals surface area (Å²) < 4.78 is 27.2. The van der Waals surface area contributed by atoms with Crippen LogP contribution in [0.1, 0.15) is 15.9 Å². The number of alkyl halides is 2. The fourth-order valence-electron chi connectivity index (χ4n) is 1.41. The van der Waals surface area contributed by atoms with Gasteiger partial charge in [-0.15, -0.1) is 0 Å². The predicted octanol–water partition coefficient (Wildman–Crippen LogP) is 2.28. The molecule has 2 nitrogen and oxygen atoms in total. The largest absolute Gasteiger partial charge is 0.346 e. The third kappa shape index (κ3) is 1.41. The van der Waals surface area contributed by atoms with Crippen molar-refractivity contribution in [2.45, 2.75) is 5.92 Å². The molecule has 0 fully saturated rings. The number of hydrogen-bond acceptors (Lipinski definition) is 1. The van der Waals surface area contributed by atoms with E-state index in [0.29, 0.717) is 4.47 Å². The maximum Gasteiger partial charge on any atom is 0.290 e. The first-order valence-corrected chi connectivity index (χ1v) is 4.76. The van der Waals surface area contributed by atoms with Gasteiger partial charge in [0.2, 0.25) is 0 Å². The van der Waals surface area contributed by atoms with Gasteiger partial charge in [-0.25, -0.2) is 0 Å². The first kappa shape index (κ1) is 9.58. The molecule has 0 unspecified atom stereocenters. The van der Waals surface area contributed by atoms with E-state index in [9.17, 15) is 13.6 Å². The van der Waals surface area contributed by atoms with Crippen LogP contribution in [0, 0.1) is 0 Å². The average molecular weight is 262 g/mol. The molecule has 1 aliphatic heterocycles. The predicted molar refractivity (Wildman–Crippen MR) is 50.4 cm³/mol. The Morgan fingerprint density at radius 3 is 2.86 bits per heavy atom. The lowest BCUT2D eigenvalue weighted by atomic mass is 9.97. The summed E-state index contributed by atoms with van der Waals surface area (Å²) >= 11 is 3.13. The molecule has 1 aromatic rings. The highest BCUT2D eigenvalue weighted by Crippen LogP contribution is 2.34. The normalized spacial score (nSPS) is 18.6. The standard InChI is InChI=1S/C9H6BrF2NO/c10-5-1-2-7-6(3-5)8(14)13-4-9(7,11)12/h1-3H,4H2,(H,13,14). The highest BCUT2D eigenvalue weighted by Gasteiger charge is 2.39. The van der Waals surface area contributed by atoms with Gasteiger partial charge in [-0.05, 0) is 12.1 Å². The molecular formula is C9H6BrF2NO. The van der Waals surface area contributed by atoms with E-state index in [4.69, 9.17) is 0 Å². The Labute approximate surface area is 87.4 Å². The molecule has 1 heterocycles. The van der Waals surface area contributed by atoms with E-state index in [2.05, 4.69) is 21.2 Å². The van der Waals surface area contributed by atoms with Crippen LogP contribution in [-0.4, -0.2) is 12.5 Å². The van der Waals surface area contributed by atoms with Gasteiger partial charge >= 0.3 is 0 Å². The van der Waals surface area contributed by atoms with Crippen molar-refractivity contribution < 1.29 is 13.6 Å². The van der Waals surface area contributed by atoms with Gasteiger partial charge in [0.1, 0.15) is 0 Å². The van der Waals surface area contributed by atoms with Crippen molar-refractivity contribution in [2.75, 3.05) is 6.54 Å². The summed E-state index contributed by atoms with van der Waals surface area (Å²) in [6, 6.07) is 4.18. The van der Waals surface area contributed by atoms with Crippen molar-refractivity contribution in [1.29, 1.82) is 0 Å². The summed E-state index contributed by atoms with van der Waals surface area (Å²) in [5.74, 6) is -3.42. The molecule has 0 saturated heterocycles. The second kappa shape index (κ2) is 3.02. The van der Waals surface area contributed by atoms with Crippen LogP contribution in [0.2, 0.25) is 0 Å². The summed E-state index contributed by atoms with van der Waals surface area (Å²) in [4.78, 5) is 11.3. The zero-order valence-corrected chi connectivity index (χ0v) is 8.57. The van der Waals surface area contributed by atoms with Gasteiger partial charge in [-0.1, -0.05) is 22.0 Å². The van der Waals surface area contributed by atoms with Crippen molar-refractivity contribution in [2.24, 2.45) is 0 Å². The SMILES string of the molecule is O=C1NCC(F)(F)c2ccc(Br)cc21. The summed E-state index contributed by atoms with van der Waals surface area (Å²) in [6.07, 6.45) is 0. The van der Waals surface area contributed by atoms with Crippen molar-refractivity contribution in [3.8, 4) is 0 Å². The number of amides is 1. The van der Waals surface area contributed by atoms with Gasteiger partial charge in [-0.3, -0.25) is 4.79 Å². The minimum absolute atomic E-state index is 0.0376. The molecule has 0 aromatic heterocycles. The third-order valence-electron chi connectivity index (χ3n) is 2.09. The molecule has 0 aliphatic carbocycles. The number of nitrogens with one attached hydrogen (secondary N) is 1. The zero-order chi connectivity index (χ0) is 10.3. The molecule has 0 radical (unpaired) electrons. The molecule has 0 atom stereocenters. The first-order valence-electron chi connectivity index (χ1n) is 3.97. The maximum absolute atomic E-state index is 13.3. The van der Waals surface area contributed by atoms with Crippen LogP contribution in [0.15, 0.2) is 22.7 Å². The minimum atomic E-state index is -2.97. The van der Waals surface area contributed by atoms with E-state index in [1.807, 2.05) is 0 Å². The molecule has 1 aromatic carbocycles. The van der Waals surface area contributed by atoms with Crippen molar-refractivity contribution in [1.82, 2.24) is 5.32 Å². The quantitative estimate of drug-likeness (QED) is 0.763. The van der Waals surface area contributed by atoms with Crippen LogP contribution >= 0.6 is 15.9 Å². The van der Waals surface area contributed by atoms with Crippen LogP contribution in [0.4, 0.5) is 8.78 Å². The van der Waals surface area contributed by atoms with Crippen LogP contribution in [-0.2, 0) is 5.92 Å². The Kier molecular flexibility index (Phi) is 2.06. The summed E-state index contributed by atoms with van der Waals surface area (Å²) in [5.41, 5.74) is -0.167. The van der Waals surface area contributed by atoms with Crippen LogP contribution in [0.3, 0.4) is 0 Å². The van der Waals surface area contributed by atoms with Gasteiger partial charge in [0.25, 0.3) is 11.8 Å². The van der Waals surface area contributed by atoms with E-state index in [1.165, 1.54) is 18.2 Å². The monoisotopic (exact) mass is 261 g/mol. The molecule has 1 N–H and O–H groups in total. The van der Waals surface area contributed by atoms with E-state index >= 15 is 0 Å². The summed E-state index contributed by atoms with van der Waals surface area (Å²) in [6.45, 7) is -0.625. The average Bonchev–Trinajstić information content (AvgIpc) is 2.12. The number of hydrogen-bond donors (Lipinski definition) is 1. The summed E-state index contributed by atoms with van der Waals surface area (Å²) in [7, 11) is 0. The second-order valence-electron chi connectivity index (χ2n) is 3.08.